The molecular weight excluding hydrogens is 188 g/mol. The molecule has 3 heterocycles. The number of fused-ring (bicyclic) bond motifs is 2. The topological polar surface area (TPSA) is 40.0 Å². The SMILES string of the molecule is C1=NC2=CCNN2C2=C1CC=N2.Cl. The van der Waals surface area contributed by atoms with Gasteiger partial charge in [0.1, 0.15) is 5.82 Å². The van der Waals surface area contributed by atoms with E-state index in [-0.39, 0.29) is 12.4 Å². The summed E-state index contributed by atoms with van der Waals surface area (Å²) in [6.07, 6.45) is 6.77. The number of rotatable bonds is 0. The lowest BCUT2D eigenvalue weighted by Crippen LogP contribution is -2.32. The number of halogens is 1. The van der Waals surface area contributed by atoms with Crippen molar-refractivity contribution in [1.82, 2.24) is 10.4 Å². The molecule has 0 fully saturated rings. The maximum atomic E-state index is 4.30. The number of hydrogen-bond donors (Lipinski definition) is 1. The summed E-state index contributed by atoms with van der Waals surface area (Å²) in [6.45, 7) is 0.846. The number of nitrogens with one attached hydrogen (secondary N) is 1. The minimum absolute atomic E-state index is 0. The third-order valence-electron chi connectivity index (χ3n) is 2.14. The Labute approximate surface area is 82.1 Å². The van der Waals surface area contributed by atoms with Crippen LogP contribution < -0.4 is 5.43 Å². The second-order valence-corrected chi connectivity index (χ2v) is 2.88. The number of hydrazine groups is 1. The highest BCUT2D eigenvalue weighted by Gasteiger charge is 2.25. The van der Waals surface area contributed by atoms with E-state index in [1.165, 1.54) is 5.57 Å². The fourth-order valence-corrected chi connectivity index (χ4v) is 1.55. The zero-order chi connectivity index (χ0) is 7.97. The van der Waals surface area contributed by atoms with E-state index in [0.29, 0.717) is 0 Å². The molecule has 0 aromatic carbocycles. The number of aliphatic imine (C=N–C) groups is 2. The van der Waals surface area contributed by atoms with Crippen LogP contribution in [0.1, 0.15) is 6.42 Å². The summed E-state index contributed by atoms with van der Waals surface area (Å²) >= 11 is 0. The lowest BCUT2D eigenvalue weighted by Gasteiger charge is -2.22. The van der Waals surface area contributed by atoms with Gasteiger partial charge in [-0.1, -0.05) is 0 Å². The Balaban J connectivity index is 0.000000653. The van der Waals surface area contributed by atoms with Crippen LogP contribution in [0, 0.1) is 0 Å². The Bertz CT molecular complexity index is 353. The molecule has 0 aliphatic carbocycles. The molecule has 0 saturated carbocycles. The fraction of sp³-hybridized carbons (Fsp3) is 0.250. The lowest BCUT2D eigenvalue weighted by molar-refractivity contribution is 0.346. The van der Waals surface area contributed by atoms with Crippen molar-refractivity contribution in [2.45, 2.75) is 6.42 Å². The Morgan fingerprint density at radius 1 is 1.38 bits per heavy atom. The highest BCUT2D eigenvalue weighted by Crippen LogP contribution is 2.27. The highest BCUT2D eigenvalue weighted by atomic mass is 35.5. The van der Waals surface area contributed by atoms with Gasteiger partial charge in [0, 0.05) is 31.0 Å². The van der Waals surface area contributed by atoms with Crippen molar-refractivity contribution >= 4 is 24.8 Å². The summed E-state index contributed by atoms with van der Waals surface area (Å²) in [4.78, 5) is 8.58. The molecule has 3 aliphatic heterocycles. The van der Waals surface area contributed by atoms with Crippen LogP contribution in [0.4, 0.5) is 0 Å². The van der Waals surface area contributed by atoms with Crippen LogP contribution in [0.15, 0.2) is 33.3 Å². The average Bonchev–Trinajstić information content (AvgIpc) is 2.71. The van der Waals surface area contributed by atoms with Crippen LogP contribution in [-0.2, 0) is 0 Å². The number of hydrogen-bond acceptors (Lipinski definition) is 4. The summed E-state index contributed by atoms with van der Waals surface area (Å²) < 4.78 is 0. The van der Waals surface area contributed by atoms with E-state index in [0.717, 1.165) is 24.6 Å². The standard InChI is InChI=1S/C8H8N4.ClH/c1-3-9-8-6(1)5-10-7-2-4-11-12(7)8;/h2-3,5,11H,1,4H2;1H. The van der Waals surface area contributed by atoms with E-state index in [1.54, 1.807) is 0 Å². The van der Waals surface area contributed by atoms with Crippen molar-refractivity contribution in [3.8, 4) is 0 Å². The Hall–Kier alpha value is -1.13. The number of nitrogens with zero attached hydrogens (tertiary/aromatic N) is 3. The van der Waals surface area contributed by atoms with Gasteiger partial charge in [-0.25, -0.2) is 20.4 Å². The third kappa shape index (κ3) is 1.10. The van der Waals surface area contributed by atoms with E-state index >= 15 is 0 Å². The van der Waals surface area contributed by atoms with Gasteiger partial charge >= 0.3 is 0 Å². The molecule has 0 atom stereocenters. The largest absolute Gasteiger partial charge is 0.241 e. The van der Waals surface area contributed by atoms with Gasteiger partial charge < -0.3 is 0 Å². The van der Waals surface area contributed by atoms with Crippen LogP contribution in [0.2, 0.25) is 0 Å². The van der Waals surface area contributed by atoms with E-state index < -0.39 is 0 Å². The molecular formula is C8H9ClN4. The molecule has 3 aliphatic rings. The van der Waals surface area contributed by atoms with Crippen molar-refractivity contribution in [1.29, 1.82) is 0 Å². The molecule has 5 heteroatoms. The van der Waals surface area contributed by atoms with Gasteiger partial charge in [-0.3, -0.25) is 0 Å². The van der Waals surface area contributed by atoms with Gasteiger partial charge in [-0.15, -0.1) is 12.4 Å². The zero-order valence-electron chi connectivity index (χ0n) is 6.90. The van der Waals surface area contributed by atoms with Crippen LogP contribution in [0.25, 0.3) is 0 Å². The van der Waals surface area contributed by atoms with Crippen LogP contribution in [0.5, 0.6) is 0 Å². The first-order chi connectivity index (χ1) is 5.95. The molecule has 4 nitrogen and oxygen atoms in total. The van der Waals surface area contributed by atoms with Crippen molar-refractivity contribution < 1.29 is 0 Å². The van der Waals surface area contributed by atoms with Crippen molar-refractivity contribution in [3.63, 3.8) is 0 Å². The first kappa shape index (κ1) is 8.47. The normalized spacial score (nSPS) is 22.8. The van der Waals surface area contributed by atoms with Crippen molar-refractivity contribution in [2.24, 2.45) is 9.98 Å². The number of allylic oxidation sites excluding steroid dienone is 1. The first-order valence-corrected chi connectivity index (χ1v) is 3.99. The van der Waals surface area contributed by atoms with E-state index in [2.05, 4.69) is 15.4 Å². The summed E-state index contributed by atoms with van der Waals surface area (Å²) in [5.74, 6) is 1.97. The van der Waals surface area contributed by atoms with E-state index in [4.69, 9.17) is 0 Å². The Morgan fingerprint density at radius 3 is 3.23 bits per heavy atom. The molecule has 0 aromatic rings. The van der Waals surface area contributed by atoms with Gasteiger partial charge in [0.2, 0.25) is 0 Å². The van der Waals surface area contributed by atoms with Gasteiger partial charge in [-0.05, 0) is 6.08 Å². The van der Waals surface area contributed by atoms with Crippen LogP contribution >= 0.6 is 12.4 Å². The maximum Gasteiger partial charge on any atom is 0.153 e. The van der Waals surface area contributed by atoms with Gasteiger partial charge in [0.05, 0.1) is 0 Å². The molecule has 0 unspecified atom stereocenters. The molecule has 13 heavy (non-hydrogen) atoms. The lowest BCUT2D eigenvalue weighted by atomic mass is 10.2. The van der Waals surface area contributed by atoms with Crippen LogP contribution in [0.3, 0.4) is 0 Å². The Morgan fingerprint density at radius 2 is 2.31 bits per heavy atom. The van der Waals surface area contributed by atoms with E-state index in [1.807, 2.05) is 23.5 Å². The second kappa shape index (κ2) is 2.97. The van der Waals surface area contributed by atoms with E-state index in [9.17, 15) is 0 Å². The maximum absolute atomic E-state index is 4.30. The van der Waals surface area contributed by atoms with Gasteiger partial charge in [0.25, 0.3) is 0 Å². The molecule has 0 spiro atoms. The molecule has 3 rings (SSSR count). The summed E-state index contributed by atoms with van der Waals surface area (Å²) in [6, 6.07) is 0. The molecule has 1 N–H and O–H groups in total. The molecule has 0 amide bonds. The quantitative estimate of drug-likeness (QED) is 0.624. The summed E-state index contributed by atoms with van der Waals surface area (Å²) in [5, 5.41) is 1.94. The predicted molar refractivity (Wildman–Crippen MR) is 53.8 cm³/mol. The first-order valence-electron chi connectivity index (χ1n) is 3.99. The van der Waals surface area contributed by atoms with Gasteiger partial charge in [-0.2, -0.15) is 0 Å². The molecule has 0 radical (unpaired) electrons. The smallest absolute Gasteiger partial charge is 0.153 e. The minimum Gasteiger partial charge on any atom is -0.241 e. The van der Waals surface area contributed by atoms with Gasteiger partial charge in [0.15, 0.2) is 5.82 Å². The Kier molecular flexibility index (Phi) is 1.94. The molecule has 0 bridgehead atoms. The molecule has 0 aromatic heterocycles. The minimum atomic E-state index is 0. The molecule has 0 saturated heterocycles. The zero-order valence-corrected chi connectivity index (χ0v) is 7.71. The van der Waals surface area contributed by atoms with Crippen LogP contribution in [-0.4, -0.2) is 24.0 Å². The van der Waals surface area contributed by atoms with Crippen molar-refractivity contribution in [2.75, 3.05) is 6.54 Å². The summed E-state index contributed by atoms with van der Waals surface area (Å²) in [5.41, 5.74) is 4.38. The molecule has 68 valence electrons. The average molecular weight is 197 g/mol. The fourth-order valence-electron chi connectivity index (χ4n) is 1.55. The van der Waals surface area contributed by atoms with Crippen molar-refractivity contribution in [3.05, 3.63) is 23.3 Å². The predicted octanol–water partition coefficient (Wildman–Crippen LogP) is 0.840. The monoisotopic (exact) mass is 196 g/mol. The highest BCUT2D eigenvalue weighted by molar-refractivity contribution is 5.89. The summed E-state index contributed by atoms with van der Waals surface area (Å²) in [7, 11) is 0. The third-order valence-corrected chi connectivity index (χ3v) is 2.14. The second-order valence-electron chi connectivity index (χ2n) is 2.88.